The lowest BCUT2D eigenvalue weighted by Crippen LogP contribution is -2.27. The summed E-state index contributed by atoms with van der Waals surface area (Å²) in [5.74, 6) is -0.786. The lowest BCUT2D eigenvalue weighted by atomic mass is 9.80. The summed E-state index contributed by atoms with van der Waals surface area (Å²) in [6.07, 6.45) is -1.63. The number of halogens is 3. The third-order valence-electron chi connectivity index (χ3n) is 2.85. The van der Waals surface area contributed by atoms with Crippen LogP contribution in [0.4, 0.5) is 13.2 Å². The topological polar surface area (TPSA) is 20.2 Å². The van der Waals surface area contributed by atoms with E-state index in [1.54, 1.807) is 0 Å². The molecule has 0 unspecified atom stereocenters. The van der Waals surface area contributed by atoms with Gasteiger partial charge in [-0.15, -0.1) is 0 Å². The molecule has 1 aliphatic carbocycles. The first-order valence-corrected chi connectivity index (χ1v) is 4.71. The predicted molar refractivity (Wildman–Crippen MR) is 43.2 cm³/mol. The number of alkyl halides is 3. The molecule has 1 nitrogen and oxygen atoms in total. The average molecular weight is 196 g/mol. The normalized spacial score (nSPS) is 30.5. The van der Waals surface area contributed by atoms with Gasteiger partial charge in [-0.05, 0) is 38.0 Å². The molecule has 0 aromatic heterocycles. The molecule has 78 valence electrons. The highest BCUT2D eigenvalue weighted by Crippen LogP contribution is 2.40. The fraction of sp³-hybridized carbons (Fsp3) is 1.00. The van der Waals surface area contributed by atoms with Crippen molar-refractivity contribution >= 4 is 0 Å². The van der Waals surface area contributed by atoms with Crippen LogP contribution in [0.5, 0.6) is 0 Å². The molecule has 1 N–H and O–H groups in total. The number of aliphatic hydroxyl groups excluding tert-OH is 1. The van der Waals surface area contributed by atoms with Crippen molar-refractivity contribution < 1.29 is 18.3 Å². The molecule has 0 saturated heterocycles. The molecule has 0 aromatic carbocycles. The summed E-state index contributed by atoms with van der Waals surface area (Å²) in [5, 5.41) is 8.62. The molecule has 4 heteroatoms. The maximum absolute atomic E-state index is 12.2. The molecule has 0 bridgehead atoms. The smallest absolute Gasteiger partial charge is 0.391 e. The quantitative estimate of drug-likeness (QED) is 0.720. The van der Waals surface area contributed by atoms with E-state index in [1.807, 2.05) is 0 Å². The zero-order chi connectivity index (χ0) is 9.90. The monoisotopic (exact) mass is 196 g/mol. The van der Waals surface area contributed by atoms with E-state index < -0.39 is 12.1 Å². The van der Waals surface area contributed by atoms with Gasteiger partial charge in [-0.3, -0.25) is 0 Å². The van der Waals surface area contributed by atoms with Crippen LogP contribution in [0, 0.1) is 11.8 Å². The van der Waals surface area contributed by atoms with E-state index in [2.05, 4.69) is 0 Å². The van der Waals surface area contributed by atoms with Gasteiger partial charge in [0.05, 0.1) is 5.92 Å². The Labute approximate surface area is 75.9 Å². The summed E-state index contributed by atoms with van der Waals surface area (Å²) in [5.41, 5.74) is 0. The second-order valence-electron chi connectivity index (χ2n) is 3.77. The molecule has 1 saturated carbocycles. The van der Waals surface area contributed by atoms with Crippen LogP contribution < -0.4 is 0 Å². The minimum absolute atomic E-state index is 0.0986. The largest absolute Gasteiger partial charge is 0.396 e. The van der Waals surface area contributed by atoms with E-state index in [0.29, 0.717) is 25.2 Å². The van der Waals surface area contributed by atoms with Gasteiger partial charge in [0.25, 0.3) is 0 Å². The van der Waals surface area contributed by atoms with Crippen LogP contribution in [-0.2, 0) is 0 Å². The molecule has 0 radical (unpaired) electrons. The standard InChI is InChI=1S/C9H15F3O/c10-9(11,12)8-3-1-7(2-4-8)5-6-13/h7-8,13H,1-6H2. The van der Waals surface area contributed by atoms with E-state index in [9.17, 15) is 13.2 Å². The Morgan fingerprint density at radius 3 is 2.00 bits per heavy atom. The molecular formula is C9H15F3O. The molecule has 13 heavy (non-hydrogen) atoms. The molecule has 0 aromatic rings. The Kier molecular flexibility index (Phi) is 3.59. The van der Waals surface area contributed by atoms with Crippen molar-refractivity contribution in [3.63, 3.8) is 0 Å². The summed E-state index contributed by atoms with van der Waals surface area (Å²) < 4.78 is 36.6. The van der Waals surface area contributed by atoms with Crippen molar-refractivity contribution in [1.29, 1.82) is 0 Å². The Hall–Kier alpha value is -0.250. The summed E-state index contributed by atoms with van der Waals surface area (Å²) >= 11 is 0. The van der Waals surface area contributed by atoms with Gasteiger partial charge in [0.1, 0.15) is 0 Å². The second kappa shape index (κ2) is 4.31. The van der Waals surface area contributed by atoms with Crippen LogP contribution >= 0.6 is 0 Å². The minimum Gasteiger partial charge on any atom is -0.396 e. The van der Waals surface area contributed by atoms with E-state index in [-0.39, 0.29) is 19.4 Å². The Bertz CT molecular complexity index is 147. The molecule has 0 aliphatic heterocycles. The average Bonchev–Trinajstić information content (AvgIpc) is 2.04. The SMILES string of the molecule is OCCC1CCC(C(F)(F)F)CC1. The van der Waals surface area contributed by atoms with E-state index in [0.717, 1.165) is 0 Å². The lowest BCUT2D eigenvalue weighted by Gasteiger charge is -2.29. The Balaban J connectivity index is 2.30. The van der Waals surface area contributed by atoms with Gasteiger partial charge in [-0.25, -0.2) is 0 Å². The van der Waals surface area contributed by atoms with Gasteiger partial charge in [0.2, 0.25) is 0 Å². The number of hydrogen-bond acceptors (Lipinski definition) is 1. The van der Waals surface area contributed by atoms with Gasteiger partial charge >= 0.3 is 6.18 Å². The molecule has 0 atom stereocenters. The second-order valence-corrected chi connectivity index (χ2v) is 3.77. The van der Waals surface area contributed by atoms with Crippen LogP contribution in [0.15, 0.2) is 0 Å². The maximum Gasteiger partial charge on any atom is 0.391 e. The number of aliphatic hydroxyl groups is 1. The highest BCUT2D eigenvalue weighted by Gasteiger charge is 2.41. The van der Waals surface area contributed by atoms with Gasteiger partial charge in [-0.2, -0.15) is 13.2 Å². The molecule has 1 rings (SSSR count). The van der Waals surface area contributed by atoms with Crippen LogP contribution in [0.2, 0.25) is 0 Å². The van der Waals surface area contributed by atoms with Crippen molar-refractivity contribution in [2.45, 2.75) is 38.3 Å². The van der Waals surface area contributed by atoms with Gasteiger partial charge in [-0.1, -0.05) is 0 Å². The van der Waals surface area contributed by atoms with Crippen molar-refractivity contribution in [3.05, 3.63) is 0 Å². The minimum atomic E-state index is -4.01. The van der Waals surface area contributed by atoms with Crippen molar-refractivity contribution in [2.75, 3.05) is 6.61 Å². The van der Waals surface area contributed by atoms with Gasteiger partial charge in [0, 0.05) is 6.61 Å². The first kappa shape index (κ1) is 10.8. The number of rotatable bonds is 2. The van der Waals surface area contributed by atoms with Gasteiger partial charge < -0.3 is 5.11 Å². The molecule has 0 amide bonds. The molecule has 0 heterocycles. The third kappa shape index (κ3) is 3.18. The first-order chi connectivity index (χ1) is 6.04. The fourth-order valence-corrected chi connectivity index (χ4v) is 1.96. The number of hydrogen-bond donors (Lipinski definition) is 1. The first-order valence-electron chi connectivity index (χ1n) is 4.71. The van der Waals surface area contributed by atoms with Crippen molar-refractivity contribution in [1.82, 2.24) is 0 Å². The summed E-state index contributed by atoms with van der Waals surface area (Å²) in [6, 6.07) is 0. The highest BCUT2D eigenvalue weighted by atomic mass is 19.4. The van der Waals surface area contributed by atoms with Crippen LogP contribution in [-0.4, -0.2) is 17.9 Å². The fourth-order valence-electron chi connectivity index (χ4n) is 1.96. The lowest BCUT2D eigenvalue weighted by molar-refractivity contribution is -0.184. The zero-order valence-corrected chi connectivity index (χ0v) is 7.48. The van der Waals surface area contributed by atoms with Gasteiger partial charge in [0.15, 0.2) is 0 Å². The molecule has 0 spiro atoms. The Morgan fingerprint density at radius 1 is 1.08 bits per heavy atom. The van der Waals surface area contributed by atoms with Crippen molar-refractivity contribution in [3.8, 4) is 0 Å². The highest BCUT2D eigenvalue weighted by molar-refractivity contribution is 4.76. The van der Waals surface area contributed by atoms with Crippen LogP contribution in [0.25, 0.3) is 0 Å². The molecule has 1 fully saturated rings. The van der Waals surface area contributed by atoms with Crippen molar-refractivity contribution in [2.24, 2.45) is 11.8 Å². The van der Waals surface area contributed by atoms with E-state index >= 15 is 0 Å². The third-order valence-corrected chi connectivity index (χ3v) is 2.85. The predicted octanol–water partition coefficient (Wildman–Crippen LogP) is 2.74. The van der Waals surface area contributed by atoms with Crippen LogP contribution in [0.3, 0.4) is 0 Å². The van der Waals surface area contributed by atoms with Crippen LogP contribution in [0.1, 0.15) is 32.1 Å². The molecular weight excluding hydrogens is 181 g/mol. The summed E-state index contributed by atoms with van der Waals surface area (Å²) in [7, 11) is 0. The summed E-state index contributed by atoms with van der Waals surface area (Å²) in [6.45, 7) is 0.0986. The van der Waals surface area contributed by atoms with E-state index in [1.165, 1.54) is 0 Å². The summed E-state index contributed by atoms with van der Waals surface area (Å²) in [4.78, 5) is 0. The maximum atomic E-state index is 12.2. The molecule has 1 aliphatic rings. The Morgan fingerprint density at radius 2 is 1.62 bits per heavy atom. The van der Waals surface area contributed by atoms with E-state index in [4.69, 9.17) is 5.11 Å². The zero-order valence-electron chi connectivity index (χ0n) is 7.48.